The molecule has 0 spiro atoms. The maximum atomic E-state index is 12.0. The molecule has 60 valence electrons. The summed E-state index contributed by atoms with van der Waals surface area (Å²) >= 11 is 1.54. The van der Waals surface area contributed by atoms with Crippen molar-refractivity contribution >= 4 is 22.6 Å². The van der Waals surface area contributed by atoms with Gasteiger partial charge in [0.25, 0.3) is 0 Å². The Morgan fingerprint density at radius 1 is 1.36 bits per heavy atom. The summed E-state index contributed by atoms with van der Waals surface area (Å²) in [4.78, 5) is 6.55. The van der Waals surface area contributed by atoms with Crippen LogP contribution >= 0.6 is 22.6 Å². The Bertz CT molecular complexity index is 260. The Balaban J connectivity index is 3.14. The molecule has 11 heavy (non-hydrogen) atoms. The number of hydrogen-bond acceptors (Lipinski definition) is 2. The van der Waals surface area contributed by atoms with Crippen LogP contribution in [-0.2, 0) is 6.18 Å². The fraction of sp³-hybridized carbons (Fsp3) is 0.200. The molecule has 0 aliphatic heterocycles. The van der Waals surface area contributed by atoms with Crippen LogP contribution in [0.25, 0.3) is 0 Å². The average Bonchev–Trinajstić information content (AvgIpc) is 1.86. The SMILES string of the molecule is FC(F)(F)c1ncncc1I. The van der Waals surface area contributed by atoms with Crippen molar-refractivity contribution in [1.82, 2.24) is 9.97 Å². The summed E-state index contributed by atoms with van der Waals surface area (Å²) in [6.07, 6.45) is -2.37. The van der Waals surface area contributed by atoms with Gasteiger partial charge >= 0.3 is 6.18 Å². The smallest absolute Gasteiger partial charge is 0.244 e. The summed E-state index contributed by atoms with van der Waals surface area (Å²) in [6, 6.07) is 0. The number of nitrogens with zero attached hydrogens (tertiary/aromatic N) is 2. The summed E-state index contributed by atoms with van der Waals surface area (Å²) in [5, 5.41) is 0. The molecule has 0 atom stereocenters. The van der Waals surface area contributed by atoms with Gasteiger partial charge in [-0.05, 0) is 22.6 Å². The molecule has 1 aromatic heterocycles. The van der Waals surface area contributed by atoms with E-state index < -0.39 is 11.9 Å². The summed E-state index contributed by atoms with van der Waals surface area (Å²) in [6.45, 7) is 0. The van der Waals surface area contributed by atoms with Crippen molar-refractivity contribution in [1.29, 1.82) is 0 Å². The molecule has 0 N–H and O–H groups in total. The summed E-state index contributed by atoms with van der Waals surface area (Å²) in [5.41, 5.74) is -0.881. The minimum atomic E-state index is -4.38. The van der Waals surface area contributed by atoms with Crippen molar-refractivity contribution in [2.24, 2.45) is 0 Å². The lowest BCUT2D eigenvalue weighted by Gasteiger charge is -2.05. The van der Waals surface area contributed by atoms with Gasteiger partial charge in [0.2, 0.25) is 0 Å². The Morgan fingerprint density at radius 2 is 2.00 bits per heavy atom. The van der Waals surface area contributed by atoms with Crippen LogP contribution < -0.4 is 0 Å². The lowest BCUT2D eigenvalue weighted by atomic mass is 10.4. The van der Waals surface area contributed by atoms with E-state index in [1.165, 1.54) is 0 Å². The lowest BCUT2D eigenvalue weighted by Crippen LogP contribution is -2.10. The van der Waals surface area contributed by atoms with E-state index in [2.05, 4.69) is 9.97 Å². The van der Waals surface area contributed by atoms with Crippen LogP contribution in [0.1, 0.15) is 5.69 Å². The van der Waals surface area contributed by atoms with Gasteiger partial charge < -0.3 is 0 Å². The molecule has 0 radical (unpaired) electrons. The third-order valence-corrected chi connectivity index (χ3v) is 1.73. The van der Waals surface area contributed by atoms with E-state index in [0.29, 0.717) is 0 Å². The van der Waals surface area contributed by atoms with Gasteiger partial charge in [0.1, 0.15) is 6.33 Å². The maximum absolute atomic E-state index is 12.0. The number of alkyl halides is 3. The zero-order valence-corrected chi connectivity index (χ0v) is 7.22. The predicted octanol–water partition coefficient (Wildman–Crippen LogP) is 2.10. The van der Waals surface area contributed by atoms with E-state index in [4.69, 9.17) is 0 Å². The maximum Gasteiger partial charge on any atom is 0.434 e. The zero-order chi connectivity index (χ0) is 8.48. The fourth-order valence-electron chi connectivity index (χ4n) is 0.521. The summed E-state index contributed by atoms with van der Waals surface area (Å²) in [5.74, 6) is 0. The largest absolute Gasteiger partial charge is 0.434 e. The first kappa shape index (κ1) is 8.69. The summed E-state index contributed by atoms with van der Waals surface area (Å²) < 4.78 is 35.9. The second kappa shape index (κ2) is 2.92. The highest BCUT2D eigenvalue weighted by Crippen LogP contribution is 2.29. The van der Waals surface area contributed by atoms with Crippen LogP contribution in [0, 0.1) is 3.57 Å². The van der Waals surface area contributed by atoms with Gasteiger partial charge in [-0.25, -0.2) is 9.97 Å². The van der Waals surface area contributed by atoms with Crippen molar-refractivity contribution < 1.29 is 13.2 Å². The van der Waals surface area contributed by atoms with Crippen LogP contribution in [0.2, 0.25) is 0 Å². The van der Waals surface area contributed by atoms with Gasteiger partial charge in [-0.1, -0.05) is 0 Å². The van der Waals surface area contributed by atoms with Crippen LogP contribution in [0.5, 0.6) is 0 Å². The molecule has 1 heterocycles. The highest BCUT2D eigenvalue weighted by Gasteiger charge is 2.34. The van der Waals surface area contributed by atoms with Crippen molar-refractivity contribution in [3.8, 4) is 0 Å². The highest BCUT2D eigenvalue weighted by atomic mass is 127. The van der Waals surface area contributed by atoms with Crippen LogP contribution in [-0.4, -0.2) is 9.97 Å². The van der Waals surface area contributed by atoms with E-state index in [1.54, 1.807) is 22.6 Å². The Hall–Kier alpha value is -0.400. The van der Waals surface area contributed by atoms with E-state index in [0.717, 1.165) is 12.5 Å². The normalized spacial score (nSPS) is 11.6. The van der Waals surface area contributed by atoms with Crippen molar-refractivity contribution in [3.05, 3.63) is 21.8 Å². The van der Waals surface area contributed by atoms with Gasteiger partial charge in [0, 0.05) is 6.20 Å². The first-order valence-corrected chi connectivity index (χ1v) is 3.62. The second-order valence-corrected chi connectivity index (χ2v) is 2.88. The Kier molecular flexibility index (Phi) is 2.31. The number of halogens is 4. The van der Waals surface area contributed by atoms with Crippen molar-refractivity contribution in [2.45, 2.75) is 6.18 Å². The van der Waals surface area contributed by atoms with Crippen LogP contribution in [0.4, 0.5) is 13.2 Å². The van der Waals surface area contributed by atoms with Gasteiger partial charge in [-0.15, -0.1) is 0 Å². The quantitative estimate of drug-likeness (QED) is 0.677. The third-order valence-electron chi connectivity index (χ3n) is 0.936. The molecule has 2 nitrogen and oxygen atoms in total. The molecule has 0 amide bonds. The topological polar surface area (TPSA) is 25.8 Å². The first-order chi connectivity index (χ1) is 5.02. The number of hydrogen-bond donors (Lipinski definition) is 0. The molecule has 0 aromatic carbocycles. The molecular formula is C5H2F3IN2. The van der Waals surface area contributed by atoms with Crippen molar-refractivity contribution in [3.63, 3.8) is 0 Å². The van der Waals surface area contributed by atoms with Crippen LogP contribution in [0.15, 0.2) is 12.5 Å². The van der Waals surface area contributed by atoms with Gasteiger partial charge in [-0.2, -0.15) is 13.2 Å². The number of rotatable bonds is 0. The van der Waals surface area contributed by atoms with E-state index >= 15 is 0 Å². The Morgan fingerprint density at radius 3 is 2.36 bits per heavy atom. The van der Waals surface area contributed by atoms with Gasteiger partial charge in [-0.3, -0.25) is 0 Å². The molecule has 0 saturated carbocycles. The molecule has 1 rings (SSSR count). The third kappa shape index (κ3) is 2.01. The molecule has 0 saturated heterocycles. The standard InChI is InChI=1S/C5H2F3IN2/c6-5(7,8)4-3(9)1-10-2-11-4/h1-2H. The van der Waals surface area contributed by atoms with E-state index in [-0.39, 0.29) is 3.57 Å². The molecule has 0 fully saturated rings. The number of aromatic nitrogens is 2. The average molecular weight is 274 g/mol. The minimum Gasteiger partial charge on any atom is -0.244 e. The molecule has 1 aromatic rings. The molecular weight excluding hydrogens is 272 g/mol. The zero-order valence-electron chi connectivity index (χ0n) is 5.06. The minimum absolute atomic E-state index is 0.0117. The highest BCUT2D eigenvalue weighted by molar-refractivity contribution is 14.1. The second-order valence-electron chi connectivity index (χ2n) is 1.72. The van der Waals surface area contributed by atoms with E-state index in [9.17, 15) is 13.2 Å². The first-order valence-electron chi connectivity index (χ1n) is 2.54. The lowest BCUT2D eigenvalue weighted by molar-refractivity contribution is -0.142. The molecule has 0 unspecified atom stereocenters. The van der Waals surface area contributed by atoms with Crippen LogP contribution in [0.3, 0.4) is 0 Å². The predicted molar refractivity (Wildman–Crippen MR) is 39.8 cm³/mol. The van der Waals surface area contributed by atoms with Gasteiger partial charge in [0.05, 0.1) is 3.57 Å². The summed E-state index contributed by atoms with van der Waals surface area (Å²) in [7, 11) is 0. The van der Waals surface area contributed by atoms with Gasteiger partial charge in [0.15, 0.2) is 5.69 Å². The molecule has 0 aliphatic rings. The van der Waals surface area contributed by atoms with E-state index in [1.807, 2.05) is 0 Å². The monoisotopic (exact) mass is 274 g/mol. The van der Waals surface area contributed by atoms with Crippen molar-refractivity contribution in [2.75, 3.05) is 0 Å². The fourth-order valence-corrected chi connectivity index (χ4v) is 1.13. The Labute approximate surface area is 74.0 Å². The molecule has 0 bridgehead atoms. The molecule has 0 aliphatic carbocycles. The molecule has 6 heteroatoms.